The highest BCUT2D eigenvalue weighted by atomic mass is 16.2. The van der Waals surface area contributed by atoms with E-state index in [2.05, 4.69) is 59.9 Å². The van der Waals surface area contributed by atoms with Crippen molar-refractivity contribution in [1.29, 1.82) is 0 Å². The fourth-order valence-corrected chi connectivity index (χ4v) is 5.15. The third kappa shape index (κ3) is 6.46. The molecule has 1 amide bonds. The van der Waals surface area contributed by atoms with Gasteiger partial charge in [0.05, 0.1) is 6.42 Å². The fourth-order valence-electron chi connectivity index (χ4n) is 5.15. The van der Waals surface area contributed by atoms with Gasteiger partial charge in [-0.1, -0.05) is 66.7 Å². The van der Waals surface area contributed by atoms with Crippen molar-refractivity contribution in [1.82, 2.24) is 10.2 Å². The van der Waals surface area contributed by atoms with Crippen molar-refractivity contribution in [3.8, 4) is 0 Å². The van der Waals surface area contributed by atoms with Crippen LogP contribution in [0.5, 0.6) is 0 Å². The van der Waals surface area contributed by atoms with E-state index in [4.69, 9.17) is 5.11 Å². The zero-order valence-corrected chi connectivity index (χ0v) is 20.4. The lowest BCUT2D eigenvalue weighted by atomic mass is 9.81. The van der Waals surface area contributed by atoms with E-state index in [1.165, 1.54) is 21.9 Å². The fraction of sp³-hybridized carbons (Fsp3) is 0.433. The first-order valence-electron chi connectivity index (χ1n) is 12.8. The predicted octanol–water partition coefficient (Wildman–Crippen LogP) is 5.43. The van der Waals surface area contributed by atoms with Crippen molar-refractivity contribution in [2.24, 2.45) is 0 Å². The highest BCUT2D eigenvalue weighted by Crippen LogP contribution is 2.34. The van der Waals surface area contributed by atoms with Crippen LogP contribution in [0.25, 0.3) is 10.8 Å². The van der Waals surface area contributed by atoms with Crippen LogP contribution in [0, 0.1) is 0 Å². The molecule has 0 spiro atoms. The second-order valence-electron chi connectivity index (χ2n) is 9.72. The van der Waals surface area contributed by atoms with Crippen LogP contribution in [0.4, 0.5) is 0 Å². The molecule has 0 saturated heterocycles. The molecular formula is C30H38N2O2. The van der Waals surface area contributed by atoms with Crippen molar-refractivity contribution in [2.75, 3.05) is 20.2 Å². The number of benzene rings is 3. The lowest BCUT2D eigenvalue weighted by Gasteiger charge is -2.35. The van der Waals surface area contributed by atoms with E-state index in [0.29, 0.717) is 18.4 Å². The molecule has 0 aromatic heterocycles. The summed E-state index contributed by atoms with van der Waals surface area (Å²) >= 11 is 0. The summed E-state index contributed by atoms with van der Waals surface area (Å²) in [4.78, 5) is 15.0. The number of unbranched alkanes of at least 4 members (excludes halogenated alkanes) is 1. The SMILES string of the molecule is CN(C(=O)Cc1ccc2ccccc2c1)C1CCC(c2ccc(CNCCCCO)cc2)CC1. The van der Waals surface area contributed by atoms with Gasteiger partial charge in [0.1, 0.15) is 0 Å². The van der Waals surface area contributed by atoms with E-state index in [1.807, 2.05) is 24.1 Å². The Bertz CT molecular complexity index is 1050. The molecule has 1 aliphatic carbocycles. The topological polar surface area (TPSA) is 52.6 Å². The minimum Gasteiger partial charge on any atom is -0.396 e. The average Bonchev–Trinajstić information content (AvgIpc) is 2.88. The molecule has 0 bridgehead atoms. The van der Waals surface area contributed by atoms with Gasteiger partial charge in [-0.3, -0.25) is 4.79 Å². The van der Waals surface area contributed by atoms with Gasteiger partial charge in [-0.15, -0.1) is 0 Å². The number of aliphatic hydroxyl groups is 1. The molecule has 4 heteroatoms. The summed E-state index contributed by atoms with van der Waals surface area (Å²) in [6.45, 7) is 2.09. The number of rotatable bonds is 10. The number of fused-ring (bicyclic) bond motifs is 1. The maximum Gasteiger partial charge on any atom is 0.226 e. The van der Waals surface area contributed by atoms with Crippen molar-refractivity contribution in [3.63, 3.8) is 0 Å². The highest BCUT2D eigenvalue weighted by molar-refractivity contribution is 5.85. The molecule has 0 atom stereocenters. The summed E-state index contributed by atoms with van der Waals surface area (Å²) < 4.78 is 0. The maximum absolute atomic E-state index is 13.0. The molecule has 0 unspecified atom stereocenters. The van der Waals surface area contributed by atoms with E-state index in [-0.39, 0.29) is 12.5 Å². The van der Waals surface area contributed by atoms with Crippen LogP contribution < -0.4 is 5.32 Å². The highest BCUT2D eigenvalue weighted by Gasteiger charge is 2.27. The molecule has 1 saturated carbocycles. The van der Waals surface area contributed by atoms with E-state index in [0.717, 1.165) is 57.2 Å². The van der Waals surface area contributed by atoms with Crippen molar-refractivity contribution in [2.45, 2.75) is 63.5 Å². The lowest BCUT2D eigenvalue weighted by molar-refractivity contribution is -0.131. The molecule has 34 heavy (non-hydrogen) atoms. The second-order valence-corrected chi connectivity index (χ2v) is 9.72. The van der Waals surface area contributed by atoms with E-state index in [1.54, 1.807) is 0 Å². The third-order valence-corrected chi connectivity index (χ3v) is 7.35. The predicted molar refractivity (Wildman–Crippen MR) is 140 cm³/mol. The van der Waals surface area contributed by atoms with Crippen LogP contribution in [-0.2, 0) is 17.8 Å². The van der Waals surface area contributed by atoms with Gasteiger partial charge in [0, 0.05) is 26.2 Å². The number of aliphatic hydroxyl groups excluding tert-OH is 1. The van der Waals surface area contributed by atoms with Crippen LogP contribution >= 0.6 is 0 Å². The molecule has 1 fully saturated rings. The van der Waals surface area contributed by atoms with E-state index in [9.17, 15) is 4.79 Å². The van der Waals surface area contributed by atoms with Crippen LogP contribution in [0.1, 0.15) is 61.1 Å². The third-order valence-electron chi connectivity index (χ3n) is 7.35. The minimum atomic E-state index is 0.217. The average molecular weight is 459 g/mol. The number of hydrogen-bond acceptors (Lipinski definition) is 3. The van der Waals surface area contributed by atoms with E-state index >= 15 is 0 Å². The molecule has 3 aromatic rings. The number of carbonyl (C=O) groups excluding carboxylic acids is 1. The Labute approximate surface area is 204 Å². The zero-order valence-electron chi connectivity index (χ0n) is 20.4. The zero-order chi connectivity index (χ0) is 23.8. The Morgan fingerprint density at radius 2 is 1.62 bits per heavy atom. The number of nitrogens with one attached hydrogen (secondary N) is 1. The Morgan fingerprint density at radius 1 is 0.912 bits per heavy atom. The van der Waals surface area contributed by atoms with E-state index < -0.39 is 0 Å². The van der Waals surface area contributed by atoms with Crippen LogP contribution in [0.2, 0.25) is 0 Å². The summed E-state index contributed by atoms with van der Waals surface area (Å²) in [7, 11) is 1.98. The van der Waals surface area contributed by atoms with Gasteiger partial charge in [0.15, 0.2) is 0 Å². The van der Waals surface area contributed by atoms with Crippen molar-refractivity contribution >= 4 is 16.7 Å². The van der Waals surface area contributed by atoms with Crippen molar-refractivity contribution in [3.05, 3.63) is 83.4 Å². The Morgan fingerprint density at radius 3 is 2.35 bits per heavy atom. The first-order chi connectivity index (χ1) is 16.6. The summed E-state index contributed by atoms with van der Waals surface area (Å²) in [6.07, 6.45) is 6.75. The largest absolute Gasteiger partial charge is 0.396 e. The van der Waals surface area contributed by atoms with Gasteiger partial charge in [0.2, 0.25) is 5.91 Å². The van der Waals surface area contributed by atoms with Gasteiger partial charge < -0.3 is 15.3 Å². The molecular weight excluding hydrogens is 420 g/mol. The monoisotopic (exact) mass is 458 g/mol. The number of carbonyl (C=O) groups is 1. The van der Waals surface area contributed by atoms with Gasteiger partial charge in [0.25, 0.3) is 0 Å². The molecule has 1 aliphatic rings. The molecule has 3 aromatic carbocycles. The normalized spacial score (nSPS) is 18.2. The smallest absolute Gasteiger partial charge is 0.226 e. The molecule has 4 rings (SSSR count). The molecule has 180 valence electrons. The summed E-state index contributed by atoms with van der Waals surface area (Å²) in [5.41, 5.74) is 3.82. The van der Waals surface area contributed by atoms with Gasteiger partial charge >= 0.3 is 0 Å². The number of hydrogen-bond donors (Lipinski definition) is 2. The first kappa shape index (κ1) is 24.4. The minimum absolute atomic E-state index is 0.217. The Kier molecular flexibility index (Phi) is 8.73. The Hall–Kier alpha value is -2.69. The molecule has 2 N–H and O–H groups in total. The molecule has 4 nitrogen and oxygen atoms in total. The molecule has 0 heterocycles. The van der Waals surface area contributed by atoms with Gasteiger partial charge in [-0.25, -0.2) is 0 Å². The van der Waals surface area contributed by atoms with Gasteiger partial charge in [-0.2, -0.15) is 0 Å². The summed E-state index contributed by atoms with van der Waals surface area (Å²) in [5, 5.41) is 14.7. The van der Waals surface area contributed by atoms with Gasteiger partial charge in [-0.05, 0) is 78.5 Å². The molecule has 0 radical (unpaired) electrons. The molecule has 0 aliphatic heterocycles. The second kappa shape index (κ2) is 12.1. The van der Waals surface area contributed by atoms with Crippen molar-refractivity contribution < 1.29 is 9.90 Å². The lowest BCUT2D eigenvalue weighted by Crippen LogP contribution is -2.40. The number of likely N-dealkylation sites (N-methyl/N-ethyl adjacent to an activating group) is 1. The quantitative estimate of drug-likeness (QED) is 0.398. The first-order valence-corrected chi connectivity index (χ1v) is 12.8. The van der Waals surface area contributed by atoms with Crippen LogP contribution in [0.15, 0.2) is 66.7 Å². The Balaban J connectivity index is 1.24. The summed E-state index contributed by atoms with van der Waals surface area (Å²) in [5.74, 6) is 0.807. The van der Waals surface area contributed by atoms with Crippen LogP contribution in [0.3, 0.4) is 0 Å². The van der Waals surface area contributed by atoms with Crippen LogP contribution in [-0.4, -0.2) is 42.2 Å². The number of nitrogens with zero attached hydrogens (tertiary/aromatic N) is 1. The standard InChI is InChI=1S/C30H38N2O2/c1-32(30(34)21-24-10-13-25-6-2-3-7-28(25)20-24)29-16-14-27(15-17-29)26-11-8-23(9-12-26)22-31-18-4-5-19-33/h2-3,6-13,20,27,29,31,33H,4-5,14-19,21-22H2,1H3. The summed E-state index contributed by atoms with van der Waals surface area (Å²) in [6, 6.07) is 24.0. The number of amides is 1. The maximum atomic E-state index is 13.0.